The van der Waals surface area contributed by atoms with E-state index in [1.54, 1.807) is 24.3 Å². The molecule has 2 aromatic rings. The summed E-state index contributed by atoms with van der Waals surface area (Å²) in [5, 5.41) is 18.6. The maximum Gasteiger partial charge on any atom is 0.338 e. The molecule has 0 aromatic heterocycles. The number of carbonyl (C=O) groups excluding carboxylic acids is 4. The van der Waals surface area contributed by atoms with Crippen LogP contribution in [-0.4, -0.2) is 85.6 Å². The lowest BCUT2D eigenvalue weighted by Gasteiger charge is -2.51. The molecule has 2 aliphatic heterocycles. The van der Waals surface area contributed by atoms with Crippen LogP contribution in [0.15, 0.2) is 48.5 Å². The molecule has 6 aliphatic rings. The van der Waals surface area contributed by atoms with Gasteiger partial charge in [0, 0.05) is 61.2 Å². The van der Waals surface area contributed by atoms with Gasteiger partial charge >= 0.3 is 11.9 Å². The smallest absolute Gasteiger partial charge is 0.338 e. The molecule has 13 nitrogen and oxygen atoms in total. The van der Waals surface area contributed by atoms with Crippen LogP contribution in [0.25, 0.3) is 0 Å². The Kier molecular flexibility index (Phi) is 10.6. The van der Waals surface area contributed by atoms with Gasteiger partial charge in [-0.2, -0.15) is 0 Å². The minimum atomic E-state index is -1.44. The molecular weight excluding hydrogens is 779 g/mol. The van der Waals surface area contributed by atoms with Gasteiger partial charge in [-0.05, 0) is 122 Å². The summed E-state index contributed by atoms with van der Waals surface area (Å²) in [4.78, 5) is 57.2. The van der Waals surface area contributed by atoms with Crippen molar-refractivity contribution in [2.24, 2.45) is 59.2 Å². The van der Waals surface area contributed by atoms with E-state index >= 15 is 0 Å². The Morgan fingerprint density at radius 2 is 1.02 bits per heavy atom. The molecule has 4 aliphatic carbocycles. The van der Waals surface area contributed by atoms with E-state index in [1.807, 2.05) is 0 Å². The topological polar surface area (TPSA) is 168 Å². The van der Waals surface area contributed by atoms with Gasteiger partial charge in [0.1, 0.15) is 11.6 Å². The maximum atomic E-state index is 14.4. The van der Waals surface area contributed by atoms with Crippen LogP contribution in [0.1, 0.15) is 25.7 Å². The van der Waals surface area contributed by atoms with Crippen molar-refractivity contribution in [2.75, 3.05) is 51.0 Å². The molecule has 8 rings (SSSR count). The van der Waals surface area contributed by atoms with Crippen LogP contribution >= 0.6 is 24.4 Å². The van der Waals surface area contributed by atoms with Crippen LogP contribution < -0.4 is 31.9 Å². The van der Waals surface area contributed by atoms with Gasteiger partial charge in [-0.15, -0.1) is 0 Å². The number of anilines is 2. The molecule has 57 heavy (non-hydrogen) atoms. The van der Waals surface area contributed by atoms with Crippen molar-refractivity contribution in [3.8, 4) is 0 Å². The third-order valence-electron chi connectivity index (χ3n) is 13.6. The van der Waals surface area contributed by atoms with Crippen molar-refractivity contribution in [1.29, 1.82) is 0 Å². The number of fused-ring (bicyclic) bond motifs is 16. The fraction of sp³-hybridized carbons (Fsp3) is 0.550. The predicted molar refractivity (Wildman–Crippen MR) is 211 cm³/mol. The van der Waals surface area contributed by atoms with Crippen LogP contribution in [0.3, 0.4) is 0 Å². The van der Waals surface area contributed by atoms with Gasteiger partial charge in [-0.3, -0.25) is 9.59 Å². The van der Waals surface area contributed by atoms with Crippen LogP contribution in [-0.2, 0) is 33.4 Å². The fourth-order valence-corrected chi connectivity index (χ4v) is 12.6. The number of methoxy groups -OCH3 is 2. The Morgan fingerprint density at radius 1 is 0.632 bits per heavy atom. The molecular formula is C40H46F2N6O7S2. The second-order valence-electron chi connectivity index (χ2n) is 16.1. The molecule has 0 spiro atoms. The summed E-state index contributed by atoms with van der Waals surface area (Å²) >= 11 is 10.8. The van der Waals surface area contributed by atoms with Crippen molar-refractivity contribution in [3.63, 3.8) is 0 Å². The number of benzene rings is 2. The van der Waals surface area contributed by atoms with Crippen LogP contribution in [0.2, 0.25) is 0 Å². The zero-order valence-corrected chi connectivity index (χ0v) is 33.1. The monoisotopic (exact) mass is 824 g/mol. The number of carbonyl (C=O) groups is 4. The van der Waals surface area contributed by atoms with Gasteiger partial charge in [0.15, 0.2) is 21.4 Å². The fourth-order valence-electron chi connectivity index (χ4n) is 12.1. The van der Waals surface area contributed by atoms with Crippen molar-refractivity contribution in [1.82, 2.24) is 21.3 Å². The molecule has 6 N–H and O–H groups in total. The summed E-state index contributed by atoms with van der Waals surface area (Å²) in [5.41, 5.74) is -1.68. The van der Waals surface area contributed by atoms with Crippen molar-refractivity contribution in [3.05, 3.63) is 60.2 Å². The average molecular weight is 825 g/mol. The number of hydrogen-bond acceptors (Lipinski definition) is 9. The first-order chi connectivity index (χ1) is 27.4. The highest BCUT2D eigenvalue weighted by molar-refractivity contribution is 7.80. The minimum Gasteiger partial charge on any atom is -0.467 e. The zero-order chi connectivity index (χ0) is 40.2. The summed E-state index contributed by atoms with van der Waals surface area (Å²) < 4.78 is 44.7. The van der Waals surface area contributed by atoms with E-state index in [9.17, 15) is 28.0 Å². The molecule has 304 valence electrons. The second kappa shape index (κ2) is 15.4. The van der Waals surface area contributed by atoms with Crippen LogP contribution in [0, 0.1) is 70.8 Å². The quantitative estimate of drug-likeness (QED) is 0.105. The van der Waals surface area contributed by atoms with Crippen molar-refractivity contribution in [2.45, 2.75) is 36.9 Å². The Labute approximate surface area is 339 Å². The largest absolute Gasteiger partial charge is 0.467 e. The van der Waals surface area contributed by atoms with E-state index in [2.05, 4.69) is 31.9 Å². The van der Waals surface area contributed by atoms with Crippen LogP contribution in [0.5, 0.6) is 0 Å². The SMILES string of the molecule is COC(=O)[C@]12O[C@](C(=O)OC)([C@@H]3[C@H]4CC[C@H](C4)[C@@H]31)[C@H]1[C@H]3C[C@H]([C@@H](C(=O)NCCNC(=S)Nc4ccc(F)cc4)[C@H]3C(=O)NCCNC(=S)Nc3ccc(F)cc3)[C@H]12. The first kappa shape index (κ1) is 39.4. The molecule has 6 bridgehead atoms. The van der Waals surface area contributed by atoms with Crippen molar-refractivity contribution < 1.29 is 42.2 Å². The summed E-state index contributed by atoms with van der Waals surface area (Å²) in [5.74, 6) is -6.28. The molecule has 12 atom stereocenters. The third kappa shape index (κ3) is 6.40. The highest BCUT2D eigenvalue weighted by Crippen LogP contribution is 2.81. The minimum absolute atomic E-state index is 0.169. The zero-order valence-electron chi connectivity index (χ0n) is 31.5. The lowest BCUT2D eigenvalue weighted by Crippen LogP contribution is -2.64. The second-order valence-corrected chi connectivity index (χ2v) is 16.9. The van der Waals surface area contributed by atoms with Gasteiger partial charge < -0.3 is 46.1 Å². The van der Waals surface area contributed by atoms with E-state index < -0.39 is 58.6 Å². The van der Waals surface area contributed by atoms with E-state index in [4.69, 9.17) is 38.6 Å². The van der Waals surface area contributed by atoms with Crippen molar-refractivity contribution >= 4 is 69.8 Å². The predicted octanol–water partition coefficient (Wildman–Crippen LogP) is 3.11. The number of esters is 2. The first-order valence-corrected chi connectivity index (χ1v) is 20.3. The number of halogens is 2. The number of ether oxygens (including phenoxy) is 3. The van der Waals surface area contributed by atoms with Crippen LogP contribution in [0.4, 0.5) is 20.2 Å². The molecule has 6 fully saturated rings. The Hall–Kier alpha value is -4.48. The first-order valence-electron chi connectivity index (χ1n) is 19.5. The number of hydrogen-bond donors (Lipinski definition) is 6. The Morgan fingerprint density at radius 3 is 1.40 bits per heavy atom. The van der Waals surface area contributed by atoms with E-state index in [-0.39, 0.29) is 83.5 Å². The van der Waals surface area contributed by atoms with Gasteiger partial charge in [-0.1, -0.05) is 0 Å². The third-order valence-corrected chi connectivity index (χ3v) is 14.1. The average Bonchev–Trinajstić information content (AvgIpc) is 4.06. The molecule has 2 amide bonds. The summed E-state index contributed by atoms with van der Waals surface area (Å²) in [6, 6.07) is 11.5. The highest BCUT2D eigenvalue weighted by atomic mass is 32.1. The van der Waals surface area contributed by atoms with E-state index in [0.29, 0.717) is 17.8 Å². The number of amides is 2. The van der Waals surface area contributed by atoms with Gasteiger partial charge in [-0.25, -0.2) is 18.4 Å². The van der Waals surface area contributed by atoms with Gasteiger partial charge in [0.2, 0.25) is 11.8 Å². The molecule has 4 saturated carbocycles. The molecule has 2 heterocycles. The van der Waals surface area contributed by atoms with Gasteiger partial charge in [0.05, 0.1) is 26.1 Å². The molecule has 2 aromatic carbocycles. The summed E-state index contributed by atoms with van der Waals surface area (Å²) in [6.45, 7) is 0.852. The Balaban J connectivity index is 1.01. The summed E-state index contributed by atoms with van der Waals surface area (Å²) in [6.07, 6.45) is 3.18. The number of thiocarbonyl (C=S) groups is 2. The lowest BCUT2D eigenvalue weighted by atomic mass is 9.48. The molecule has 0 radical (unpaired) electrons. The standard InChI is InChI=1S/C40H46F2N6O7S2/c1-53-35(51)39-29-19-3-4-20(17-19)30(29)40(55-39,36(52)54-2)32-26-18-25(31(32)39)27(33(49)43-13-15-45-37(56)47-23-9-5-21(41)6-10-23)28(26)34(50)44-14-16-46-38(57)48-24-11-7-22(42)8-12-24/h5-12,19-20,25-32H,3-4,13-18H2,1-2H3,(H,43,49)(H,44,50)(H2,45,47,56)(H2,46,48,57)/t19-,20+,25-,26+,27-,28+,29+,30-,31-,32+,39+,40-. The molecule has 0 unspecified atom stereocenters. The molecule has 17 heteroatoms. The van der Waals surface area contributed by atoms with E-state index in [0.717, 1.165) is 19.3 Å². The Bertz CT molecular complexity index is 1820. The van der Waals surface area contributed by atoms with E-state index in [1.165, 1.54) is 38.5 Å². The lowest BCUT2D eigenvalue weighted by molar-refractivity contribution is -0.188. The number of nitrogens with one attached hydrogen (secondary N) is 6. The van der Waals surface area contributed by atoms with Gasteiger partial charge in [0.25, 0.3) is 0 Å². The molecule has 2 saturated heterocycles. The normalized spacial score (nSPS) is 34.5. The highest BCUT2D eigenvalue weighted by Gasteiger charge is 2.90. The maximum absolute atomic E-state index is 14.4. The summed E-state index contributed by atoms with van der Waals surface area (Å²) in [7, 11) is 2.66. The number of rotatable bonds is 12.